The van der Waals surface area contributed by atoms with E-state index in [2.05, 4.69) is 62.6 Å². The Balaban J connectivity index is 2.12. The highest BCUT2D eigenvalue weighted by Crippen LogP contribution is 2.42. The van der Waals surface area contributed by atoms with E-state index in [9.17, 15) is 9.59 Å². The molecule has 0 radical (unpaired) electrons. The van der Waals surface area contributed by atoms with Gasteiger partial charge in [-0.15, -0.1) is 0 Å². The van der Waals surface area contributed by atoms with Crippen LogP contribution in [0, 0.1) is 0 Å². The minimum atomic E-state index is -0.521. The number of hydrogen-bond acceptors (Lipinski definition) is 7. The lowest BCUT2D eigenvalue weighted by molar-refractivity contribution is -0.142. The summed E-state index contributed by atoms with van der Waals surface area (Å²) >= 11 is 10.4. The normalized spacial score (nSPS) is 11.4. The first-order valence-electron chi connectivity index (χ1n) is 10.3. The molecule has 0 atom stereocenters. The molecule has 3 rings (SSSR count). The summed E-state index contributed by atoms with van der Waals surface area (Å²) in [5, 5.41) is 4.93. The first-order chi connectivity index (χ1) is 16.2. The first-order valence-corrected chi connectivity index (χ1v) is 12.7. The minimum absolute atomic E-state index is 0.0406. The highest BCUT2D eigenvalue weighted by Gasteiger charge is 2.19. The Bertz CT molecular complexity index is 1320. The molecule has 11 heteroatoms. The molecule has 0 saturated heterocycles. The molecule has 0 saturated carbocycles. The maximum atomic E-state index is 13.3. The fraction of sp³-hybridized carbons (Fsp3) is 0.304. The Hall–Kier alpha value is -2.24. The Kier molecular flexibility index (Phi) is 8.89. The zero-order valence-electron chi connectivity index (χ0n) is 18.9. The standard InChI is InChI=1S/C23H22Br3N3O5/c1-5-33-17-8-13(19(25)20(26)21(17)34-11-18(30)32-4)10-27-29-22(12(2)3)28-16-7-6-14(24)9-15(16)23(29)31/h6-10,12H,5,11H2,1-4H3. The molecule has 2 aromatic carbocycles. The van der Waals surface area contributed by atoms with E-state index in [0.29, 0.717) is 49.3 Å². The van der Waals surface area contributed by atoms with Gasteiger partial charge in [0, 0.05) is 20.4 Å². The van der Waals surface area contributed by atoms with Crippen LogP contribution in [0.2, 0.25) is 0 Å². The summed E-state index contributed by atoms with van der Waals surface area (Å²) in [5.41, 5.74) is 0.958. The second-order valence-corrected chi connectivity index (χ2v) is 9.87. The molecule has 0 amide bonds. The second-order valence-electron chi connectivity index (χ2n) is 7.37. The van der Waals surface area contributed by atoms with E-state index < -0.39 is 5.97 Å². The van der Waals surface area contributed by atoms with Gasteiger partial charge in [0.1, 0.15) is 5.82 Å². The van der Waals surface area contributed by atoms with Crippen molar-refractivity contribution in [1.82, 2.24) is 9.66 Å². The third-order valence-electron chi connectivity index (χ3n) is 4.68. The number of ether oxygens (including phenoxy) is 3. The molecule has 0 spiro atoms. The number of hydrogen-bond donors (Lipinski definition) is 0. The SMILES string of the molecule is CCOc1cc(C=Nn2c(C(C)C)nc3ccc(Br)cc3c2=O)c(Br)c(Br)c1OCC(=O)OC. The number of aromatic nitrogens is 2. The van der Waals surface area contributed by atoms with Gasteiger partial charge in [0.2, 0.25) is 0 Å². The lowest BCUT2D eigenvalue weighted by Gasteiger charge is -2.16. The molecule has 1 heterocycles. The van der Waals surface area contributed by atoms with Crippen molar-refractivity contribution < 1.29 is 19.0 Å². The molecule has 0 aliphatic rings. The third kappa shape index (κ3) is 5.69. The highest BCUT2D eigenvalue weighted by molar-refractivity contribution is 9.13. The van der Waals surface area contributed by atoms with E-state index in [1.54, 1.807) is 24.4 Å². The van der Waals surface area contributed by atoms with E-state index >= 15 is 0 Å². The molecule has 0 N–H and O–H groups in total. The van der Waals surface area contributed by atoms with Crippen molar-refractivity contribution in [2.24, 2.45) is 5.10 Å². The van der Waals surface area contributed by atoms with Gasteiger partial charge in [-0.3, -0.25) is 4.79 Å². The second kappa shape index (κ2) is 11.5. The number of esters is 1. The largest absolute Gasteiger partial charge is 0.490 e. The summed E-state index contributed by atoms with van der Waals surface area (Å²) in [5.74, 6) is 0.719. The van der Waals surface area contributed by atoms with Crippen LogP contribution in [-0.2, 0) is 9.53 Å². The molecule has 0 unspecified atom stereocenters. The Labute approximate surface area is 221 Å². The van der Waals surface area contributed by atoms with Crippen LogP contribution in [0.4, 0.5) is 0 Å². The van der Waals surface area contributed by atoms with Gasteiger partial charge < -0.3 is 14.2 Å². The number of halogens is 3. The van der Waals surface area contributed by atoms with Gasteiger partial charge in [0.25, 0.3) is 5.56 Å². The van der Waals surface area contributed by atoms with Crippen molar-refractivity contribution in [2.75, 3.05) is 20.3 Å². The fourth-order valence-corrected chi connectivity index (χ4v) is 4.35. The quantitative estimate of drug-likeness (QED) is 0.230. The summed E-state index contributed by atoms with van der Waals surface area (Å²) in [6.45, 7) is 5.83. The van der Waals surface area contributed by atoms with E-state index in [-0.39, 0.29) is 18.1 Å². The first kappa shape index (κ1) is 26.4. The zero-order chi connectivity index (χ0) is 25.0. The number of benzene rings is 2. The molecule has 0 aliphatic heterocycles. The molecular formula is C23H22Br3N3O5. The number of nitrogens with zero attached hydrogens (tertiary/aromatic N) is 3. The highest BCUT2D eigenvalue weighted by atomic mass is 79.9. The molecule has 1 aromatic heterocycles. The smallest absolute Gasteiger partial charge is 0.343 e. The van der Waals surface area contributed by atoms with E-state index in [0.717, 1.165) is 4.47 Å². The fourth-order valence-electron chi connectivity index (χ4n) is 3.06. The third-order valence-corrected chi connectivity index (χ3v) is 7.32. The number of carbonyl (C=O) groups is 1. The van der Waals surface area contributed by atoms with Crippen molar-refractivity contribution in [3.8, 4) is 11.5 Å². The van der Waals surface area contributed by atoms with Crippen molar-refractivity contribution in [3.05, 3.63) is 59.4 Å². The van der Waals surface area contributed by atoms with Crippen molar-refractivity contribution in [3.63, 3.8) is 0 Å². The lowest BCUT2D eigenvalue weighted by atomic mass is 10.2. The Morgan fingerprint density at radius 1 is 1.18 bits per heavy atom. The Morgan fingerprint density at radius 3 is 2.56 bits per heavy atom. The number of rotatable bonds is 8. The molecule has 34 heavy (non-hydrogen) atoms. The van der Waals surface area contributed by atoms with Gasteiger partial charge in [-0.2, -0.15) is 9.78 Å². The van der Waals surface area contributed by atoms with E-state index in [4.69, 9.17) is 9.47 Å². The molecule has 3 aromatic rings. The molecule has 8 nitrogen and oxygen atoms in total. The summed E-state index contributed by atoms with van der Waals surface area (Å²) in [4.78, 5) is 29.4. The van der Waals surface area contributed by atoms with Crippen LogP contribution in [0.15, 0.2) is 47.6 Å². The van der Waals surface area contributed by atoms with Gasteiger partial charge in [0.05, 0.1) is 35.3 Å². The van der Waals surface area contributed by atoms with Gasteiger partial charge in [-0.1, -0.05) is 29.8 Å². The minimum Gasteiger partial charge on any atom is -0.490 e. The maximum absolute atomic E-state index is 13.3. The lowest BCUT2D eigenvalue weighted by Crippen LogP contribution is -2.23. The van der Waals surface area contributed by atoms with Gasteiger partial charge in [-0.25, -0.2) is 9.78 Å². The van der Waals surface area contributed by atoms with Crippen LogP contribution in [0.1, 0.15) is 38.1 Å². The predicted octanol–water partition coefficient (Wildman–Crippen LogP) is 5.64. The van der Waals surface area contributed by atoms with Crippen LogP contribution < -0.4 is 15.0 Å². The number of carbonyl (C=O) groups excluding carboxylic acids is 1. The maximum Gasteiger partial charge on any atom is 0.343 e. The van der Waals surface area contributed by atoms with Crippen LogP contribution in [0.5, 0.6) is 11.5 Å². The summed E-state index contributed by atoms with van der Waals surface area (Å²) in [7, 11) is 1.29. The molecule has 0 aliphatic carbocycles. The van der Waals surface area contributed by atoms with Gasteiger partial charge >= 0.3 is 5.97 Å². The van der Waals surface area contributed by atoms with Gasteiger partial charge in [-0.05, 0) is 63.0 Å². The Morgan fingerprint density at radius 2 is 1.91 bits per heavy atom. The van der Waals surface area contributed by atoms with E-state index in [1.807, 2.05) is 26.8 Å². The van der Waals surface area contributed by atoms with Crippen LogP contribution >= 0.6 is 47.8 Å². The summed E-state index contributed by atoms with van der Waals surface area (Å²) < 4.78 is 19.2. The summed E-state index contributed by atoms with van der Waals surface area (Å²) in [6.07, 6.45) is 1.54. The average molecular weight is 660 g/mol. The number of methoxy groups -OCH3 is 1. The summed E-state index contributed by atoms with van der Waals surface area (Å²) in [6, 6.07) is 7.09. The van der Waals surface area contributed by atoms with Crippen LogP contribution in [-0.4, -0.2) is 42.2 Å². The molecule has 180 valence electrons. The zero-order valence-corrected chi connectivity index (χ0v) is 23.7. The van der Waals surface area contributed by atoms with E-state index in [1.165, 1.54) is 11.8 Å². The van der Waals surface area contributed by atoms with Crippen LogP contribution in [0.3, 0.4) is 0 Å². The number of fused-ring (bicyclic) bond motifs is 1. The molecule has 0 fully saturated rings. The predicted molar refractivity (Wildman–Crippen MR) is 141 cm³/mol. The molecular weight excluding hydrogens is 638 g/mol. The monoisotopic (exact) mass is 657 g/mol. The molecule has 0 bridgehead atoms. The van der Waals surface area contributed by atoms with Gasteiger partial charge in [0.15, 0.2) is 18.1 Å². The van der Waals surface area contributed by atoms with Crippen molar-refractivity contribution in [2.45, 2.75) is 26.7 Å². The van der Waals surface area contributed by atoms with Crippen LogP contribution in [0.25, 0.3) is 10.9 Å². The van der Waals surface area contributed by atoms with Crippen molar-refractivity contribution in [1.29, 1.82) is 0 Å². The van der Waals surface area contributed by atoms with Crippen molar-refractivity contribution >= 4 is 70.9 Å². The average Bonchev–Trinajstić information content (AvgIpc) is 2.81. The topological polar surface area (TPSA) is 92.0 Å².